The number of halogens is 1. The Morgan fingerprint density at radius 3 is 2.30 bits per heavy atom. The number of hydrogen-bond donors (Lipinski definition) is 1. The van der Waals surface area contributed by atoms with E-state index < -0.39 is 0 Å². The van der Waals surface area contributed by atoms with Crippen molar-refractivity contribution in [2.24, 2.45) is 0 Å². The Morgan fingerprint density at radius 2 is 1.63 bits per heavy atom. The molecular weight excluding hydrogens is 362 g/mol. The van der Waals surface area contributed by atoms with E-state index in [2.05, 4.69) is 5.32 Å². The molecule has 4 rings (SSSR count). The number of hydrogen-bond acceptors (Lipinski definition) is 3. The molecule has 0 aromatic heterocycles. The highest BCUT2D eigenvalue weighted by molar-refractivity contribution is 6.30. The van der Waals surface area contributed by atoms with Gasteiger partial charge in [0.05, 0.1) is 6.67 Å². The number of anilines is 1. The topological polar surface area (TPSA) is 52.7 Å². The lowest BCUT2D eigenvalue weighted by Gasteiger charge is -2.33. The number of nitrogens with zero attached hydrogens (tertiary/aromatic N) is 2. The maximum atomic E-state index is 12.8. The van der Waals surface area contributed by atoms with Crippen molar-refractivity contribution < 1.29 is 9.59 Å². The van der Waals surface area contributed by atoms with Crippen LogP contribution in [0.2, 0.25) is 5.02 Å². The highest BCUT2D eigenvalue weighted by Crippen LogP contribution is 2.39. The van der Waals surface area contributed by atoms with Crippen LogP contribution in [0.15, 0.2) is 54.6 Å². The zero-order valence-corrected chi connectivity index (χ0v) is 15.8. The first kappa shape index (κ1) is 18.0. The summed E-state index contributed by atoms with van der Waals surface area (Å²) in [5.74, 6) is -0.180. The molecule has 3 amide bonds. The van der Waals surface area contributed by atoms with E-state index >= 15 is 0 Å². The van der Waals surface area contributed by atoms with Gasteiger partial charge in [0.1, 0.15) is 6.54 Å². The Labute approximate surface area is 163 Å². The Bertz CT molecular complexity index is 832. The third-order valence-corrected chi connectivity index (χ3v) is 5.81. The van der Waals surface area contributed by atoms with E-state index in [1.54, 1.807) is 0 Å². The maximum Gasteiger partial charge on any atom is 0.332 e. The van der Waals surface area contributed by atoms with Crippen LogP contribution in [0, 0.1) is 0 Å². The van der Waals surface area contributed by atoms with Gasteiger partial charge in [0.15, 0.2) is 0 Å². The van der Waals surface area contributed by atoms with Crippen molar-refractivity contribution in [3.63, 3.8) is 0 Å². The summed E-state index contributed by atoms with van der Waals surface area (Å²) in [6.07, 6.45) is 4.20. The number of imide groups is 1. The fourth-order valence-corrected chi connectivity index (χ4v) is 4.18. The van der Waals surface area contributed by atoms with Crippen molar-refractivity contribution in [1.82, 2.24) is 10.2 Å². The monoisotopic (exact) mass is 383 g/mol. The Hall–Kier alpha value is -2.37. The predicted octanol–water partition coefficient (Wildman–Crippen LogP) is 4.13. The van der Waals surface area contributed by atoms with Crippen LogP contribution in [0.4, 0.5) is 10.5 Å². The van der Waals surface area contributed by atoms with Gasteiger partial charge in [-0.05, 0) is 42.7 Å². The van der Waals surface area contributed by atoms with Crippen LogP contribution in [0.3, 0.4) is 0 Å². The number of carbonyl (C=O) groups is 2. The molecule has 2 aromatic carbocycles. The molecule has 5 nitrogen and oxygen atoms in total. The van der Waals surface area contributed by atoms with Crippen molar-refractivity contribution in [2.75, 3.05) is 18.1 Å². The molecule has 0 radical (unpaired) electrons. The van der Waals surface area contributed by atoms with Crippen molar-refractivity contribution in [2.45, 2.75) is 31.2 Å². The van der Waals surface area contributed by atoms with E-state index in [0.717, 1.165) is 36.9 Å². The molecule has 1 aliphatic heterocycles. The van der Waals surface area contributed by atoms with Gasteiger partial charge < -0.3 is 0 Å². The number of nitrogens with one attached hydrogen (secondary N) is 1. The van der Waals surface area contributed by atoms with Gasteiger partial charge >= 0.3 is 6.03 Å². The molecule has 0 unspecified atom stereocenters. The Balaban J connectivity index is 1.50. The third kappa shape index (κ3) is 3.45. The van der Waals surface area contributed by atoms with E-state index in [9.17, 15) is 9.59 Å². The molecular formula is C21H22ClN3O2. The molecule has 0 atom stereocenters. The minimum absolute atomic E-state index is 0.0818. The molecule has 140 valence electrons. The smallest absolute Gasteiger partial charge is 0.290 e. The van der Waals surface area contributed by atoms with E-state index in [0.29, 0.717) is 5.02 Å². The van der Waals surface area contributed by atoms with Crippen LogP contribution < -0.4 is 10.2 Å². The van der Waals surface area contributed by atoms with Crippen LogP contribution in [0.1, 0.15) is 31.2 Å². The van der Waals surface area contributed by atoms with E-state index in [1.807, 2.05) is 54.6 Å². The van der Waals surface area contributed by atoms with Crippen molar-refractivity contribution in [1.29, 1.82) is 0 Å². The lowest BCUT2D eigenvalue weighted by atomic mass is 9.88. The minimum atomic E-state index is -0.275. The first-order valence-electron chi connectivity index (χ1n) is 9.27. The summed E-state index contributed by atoms with van der Waals surface area (Å²) in [6, 6.07) is 16.9. The first-order valence-corrected chi connectivity index (χ1v) is 9.65. The van der Waals surface area contributed by atoms with E-state index in [1.165, 1.54) is 9.80 Å². The van der Waals surface area contributed by atoms with Crippen LogP contribution >= 0.6 is 11.6 Å². The van der Waals surface area contributed by atoms with Gasteiger partial charge in [-0.15, -0.1) is 0 Å². The van der Waals surface area contributed by atoms with Crippen molar-refractivity contribution in [3.05, 3.63) is 65.2 Å². The number of para-hydroxylation sites is 1. The highest BCUT2D eigenvalue weighted by atomic mass is 35.5. The third-order valence-electron chi connectivity index (χ3n) is 5.55. The molecule has 1 saturated heterocycles. The van der Waals surface area contributed by atoms with E-state index in [-0.39, 0.29) is 30.7 Å². The summed E-state index contributed by atoms with van der Waals surface area (Å²) in [6.45, 7) is 0.294. The predicted molar refractivity (Wildman–Crippen MR) is 106 cm³/mol. The van der Waals surface area contributed by atoms with Crippen molar-refractivity contribution in [3.8, 4) is 0 Å². The normalized spacial score (nSPS) is 19.1. The summed E-state index contributed by atoms with van der Waals surface area (Å²) in [5.41, 5.74) is 1.68. The van der Waals surface area contributed by atoms with Gasteiger partial charge in [0.2, 0.25) is 0 Å². The lowest BCUT2D eigenvalue weighted by molar-refractivity contribution is -0.125. The van der Waals surface area contributed by atoms with Gasteiger partial charge in [-0.25, -0.2) is 9.69 Å². The largest absolute Gasteiger partial charge is 0.332 e. The molecule has 1 N–H and O–H groups in total. The Morgan fingerprint density at radius 1 is 0.963 bits per heavy atom. The maximum absolute atomic E-state index is 12.8. The van der Waals surface area contributed by atoms with Gasteiger partial charge in [-0.1, -0.05) is 54.8 Å². The number of amides is 3. The standard InChI is InChI=1S/C21H22ClN3O2/c22-17-10-8-16(9-11-17)21(12-4-5-13-21)23-15-25-19(26)14-24(20(25)27)18-6-2-1-3-7-18/h1-3,6-11,23H,4-5,12-15H2. The fraction of sp³-hybridized carbons (Fsp3) is 0.333. The van der Waals surface area contributed by atoms with Crippen LogP contribution in [-0.2, 0) is 10.3 Å². The van der Waals surface area contributed by atoms with Gasteiger partial charge in [-0.2, -0.15) is 0 Å². The first-order chi connectivity index (χ1) is 13.1. The Kier molecular flexibility index (Phi) is 4.89. The number of rotatable bonds is 5. The molecule has 1 saturated carbocycles. The van der Waals surface area contributed by atoms with Crippen LogP contribution in [-0.4, -0.2) is 30.1 Å². The SMILES string of the molecule is O=C1CN(c2ccccc2)C(=O)N1CNC1(c2ccc(Cl)cc2)CCCC1. The summed E-state index contributed by atoms with van der Waals surface area (Å²) < 4.78 is 0. The van der Waals surface area contributed by atoms with Crippen LogP contribution in [0.25, 0.3) is 0 Å². The molecule has 27 heavy (non-hydrogen) atoms. The summed E-state index contributed by atoms with van der Waals surface area (Å²) in [7, 11) is 0. The number of benzene rings is 2. The second-order valence-electron chi connectivity index (χ2n) is 7.16. The number of carbonyl (C=O) groups excluding carboxylic acids is 2. The second kappa shape index (κ2) is 7.33. The zero-order chi connectivity index (χ0) is 18.9. The minimum Gasteiger partial charge on any atom is -0.290 e. The molecule has 0 spiro atoms. The molecule has 6 heteroatoms. The molecule has 2 aromatic rings. The molecule has 2 aliphatic rings. The lowest BCUT2D eigenvalue weighted by Crippen LogP contribution is -2.48. The van der Waals surface area contributed by atoms with Gasteiger partial charge in [0.25, 0.3) is 5.91 Å². The average molecular weight is 384 g/mol. The summed E-state index contributed by atoms with van der Waals surface area (Å²) in [4.78, 5) is 28.1. The van der Waals surface area contributed by atoms with Gasteiger partial charge in [-0.3, -0.25) is 15.0 Å². The van der Waals surface area contributed by atoms with Crippen LogP contribution in [0.5, 0.6) is 0 Å². The molecule has 1 heterocycles. The quantitative estimate of drug-likeness (QED) is 0.790. The molecule has 2 fully saturated rings. The number of urea groups is 1. The summed E-state index contributed by atoms with van der Waals surface area (Å²) >= 11 is 6.03. The average Bonchev–Trinajstić information content (AvgIpc) is 3.27. The molecule has 1 aliphatic carbocycles. The van der Waals surface area contributed by atoms with E-state index in [4.69, 9.17) is 11.6 Å². The fourth-order valence-electron chi connectivity index (χ4n) is 4.05. The van der Waals surface area contributed by atoms with Crippen molar-refractivity contribution >= 4 is 29.2 Å². The zero-order valence-electron chi connectivity index (χ0n) is 15.0. The highest BCUT2D eigenvalue weighted by Gasteiger charge is 2.40. The summed E-state index contributed by atoms with van der Waals surface area (Å²) in [5, 5.41) is 4.22. The second-order valence-corrected chi connectivity index (χ2v) is 7.59. The molecule has 0 bridgehead atoms. The van der Waals surface area contributed by atoms with Gasteiger partial charge in [0, 0.05) is 16.2 Å².